The van der Waals surface area contributed by atoms with Crippen molar-refractivity contribution in [1.29, 1.82) is 0 Å². The lowest BCUT2D eigenvalue weighted by Crippen LogP contribution is -2.31. The second kappa shape index (κ2) is 7.34. The number of anilines is 1. The van der Waals surface area contributed by atoms with Gasteiger partial charge in [0.05, 0.1) is 6.04 Å². The number of carbonyl (C=O) groups is 1. The smallest absolute Gasteiger partial charge is 0.410 e. The summed E-state index contributed by atoms with van der Waals surface area (Å²) >= 11 is 0. The van der Waals surface area contributed by atoms with E-state index in [4.69, 9.17) is 4.74 Å². The Kier molecular flexibility index (Phi) is 4.99. The molecule has 1 saturated heterocycles. The van der Waals surface area contributed by atoms with Crippen LogP contribution in [0.25, 0.3) is 0 Å². The van der Waals surface area contributed by atoms with E-state index >= 15 is 0 Å². The molecule has 1 fully saturated rings. The van der Waals surface area contributed by atoms with Gasteiger partial charge in [-0.05, 0) is 42.5 Å². The first-order chi connectivity index (χ1) is 11.7. The topological polar surface area (TPSA) is 54.5 Å². The molecule has 126 valence electrons. The van der Waals surface area contributed by atoms with E-state index in [9.17, 15) is 4.79 Å². The van der Waals surface area contributed by atoms with Crippen LogP contribution >= 0.6 is 0 Å². The lowest BCUT2D eigenvalue weighted by molar-refractivity contribution is 0.0919. The van der Waals surface area contributed by atoms with Crippen molar-refractivity contribution in [3.8, 4) is 0 Å². The highest BCUT2D eigenvalue weighted by atomic mass is 16.6. The normalized spacial score (nSPS) is 16.9. The molecule has 2 heterocycles. The molecule has 0 radical (unpaired) electrons. The molecule has 0 aliphatic carbocycles. The summed E-state index contributed by atoms with van der Waals surface area (Å²) in [6.07, 6.45) is 3.55. The molecule has 1 amide bonds. The molecular weight excluding hydrogens is 302 g/mol. The first kappa shape index (κ1) is 16.3. The van der Waals surface area contributed by atoms with Crippen molar-refractivity contribution < 1.29 is 9.53 Å². The average molecular weight is 325 g/mol. The first-order valence-electron chi connectivity index (χ1n) is 8.30. The summed E-state index contributed by atoms with van der Waals surface area (Å²) in [4.78, 5) is 18.7. The van der Waals surface area contributed by atoms with Crippen LogP contribution in [0.1, 0.15) is 35.6 Å². The van der Waals surface area contributed by atoms with Gasteiger partial charge >= 0.3 is 6.09 Å². The summed E-state index contributed by atoms with van der Waals surface area (Å²) in [7, 11) is 1.85. The van der Waals surface area contributed by atoms with E-state index < -0.39 is 0 Å². The zero-order chi connectivity index (χ0) is 16.9. The SMILES string of the molecule is CNc1cc(C)c([C@@H]2CCCN2C(=O)OCc2ccccc2)cn1. The van der Waals surface area contributed by atoms with Gasteiger partial charge in [-0.25, -0.2) is 9.78 Å². The van der Waals surface area contributed by atoms with Crippen LogP contribution < -0.4 is 5.32 Å². The third-order valence-electron chi connectivity index (χ3n) is 4.46. The van der Waals surface area contributed by atoms with Crippen LogP contribution in [-0.4, -0.2) is 29.6 Å². The zero-order valence-electron chi connectivity index (χ0n) is 14.2. The van der Waals surface area contributed by atoms with Gasteiger partial charge in [-0.15, -0.1) is 0 Å². The number of hydrogen-bond acceptors (Lipinski definition) is 4. The van der Waals surface area contributed by atoms with Gasteiger partial charge in [-0.2, -0.15) is 0 Å². The van der Waals surface area contributed by atoms with Crippen molar-refractivity contribution in [3.05, 3.63) is 59.3 Å². The standard InChI is InChI=1S/C19H23N3O2/c1-14-11-18(20-2)21-12-16(14)17-9-6-10-22(17)19(23)24-13-15-7-4-3-5-8-15/h3-5,7-8,11-12,17H,6,9-10,13H2,1-2H3,(H,20,21)/t17-/m0/s1. The first-order valence-corrected chi connectivity index (χ1v) is 8.30. The minimum Gasteiger partial charge on any atom is -0.445 e. The Balaban J connectivity index is 1.69. The van der Waals surface area contributed by atoms with Crippen molar-refractivity contribution in [1.82, 2.24) is 9.88 Å². The van der Waals surface area contributed by atoms with E-state index in [1.165, 1.54) is 0 Å². The maximum absolute atomic E-state index is 12.5. The molecule has 1 N–H and O–H groups in total. The number of nitrogens with zero attached hydrogens (tertiary/aromatic N) is 2. The number of likely N-dealkylation sites (tertiary alicyclic amines) is 1. The lowest BCUT2D eigenvalue weighted by atomic mass is 10.0. The van der Waals surface area contributed by atoms with Crippen LogP contribution in [0.4, 0.5) is 10.6 Å². The van der Waals surface area contributed by atoms with Crippen molar-refractivity contribution in [2.24, 2.45) is 0 Å². The third-order valence-corrected chi connectivity index (χ3v) is 4.46. The van der Waals surface area contributed by atoms with Gasteiger partial charge in [0.15, 0.2) is 0 Å². The molecule has 0 spiro atoms. The third kappa shape index (κ3) is 3.50. The van der Waals surface area contributed by atoms with Gasteiger partial charge in [0.2, 0.25) is 0 Å². The number of nitrogens with one attached hydrogen (secondary N) is 1. The van der Waals surface area contributed by atoms with E-state index in [1.54, 1.807) is 0 Å². The Morgan fingerprint density at radius 3 is 2.88 bits per heavy atom. The van der Waals surface area contributed by atoms with Gasteiger partial charge in [0.25, 0.3) is 0 Å². The number of aryl methyl sites for hydroxylation is 1. The Morgan fingerprint density at radius 2 is 2.17 bits per heavy atom. The summed E-state index contributed by atoms with van der Waals surface area (Å²) in [6.45, 7) is 3.09. The Labute approximate surface area is 142 Å². The molecule has 1 atom stereocenters. The summed E-state index contributed by atoms with van der Waals surface area (Å²) in [5.41, 5.74) is 3.24. The van der Waals surface area contributed by atoms with Crippen molar-refractivity contribution >= 4 is 11.9 Å². The summed E-state index contributed by atoms with van der Waals surface area (Å²) < 4.78 is 5.50. The van der Waals surface area contributed by atoms with Crippen LogP contribution in [0.3, 0.4) is 0 Å². The number of hydrogen-bond donors (Lipinski definition) is 1. The molecule has 5 heteroatoms. The molecule has 24 heavy (non-hydrogen) atoms. The fourth-order valence-electron chi connectivity index (χ4n) is 3.16. The fourth-order valence-corrected chi connectivity index (χ4v) is 3.16. The van der Waals surface area contributed by atoms with Crippen molar-refractivity contribution in [2.45, 2.75) is 32.4 Å². The minimum atomic E-state index is -0.251. The number of amides is 1. The van der Waals surface area contributed by atoms with Gasteiger partial charge in [0.1, 0.15) is 12.4 Å². The Morgan fingerprint density at radius 1 is 1.38 bits per heavy atom. The predicted octanol–water partition coefficient (Wildman–Crippen LogP) is 3.91. The average Bonchev–Trinajstić information content (AvgIpc) is 3.10. The fraction of sp³-hybridized carbons (Fsp3) is 0.368. The van der Waals surface area contributed by atoms with Crippen LogP contribution in [0.2, 0.25) is 0 Å². The van der Waals surface area contributed by atoms with Crippen LogP contribution in [-0.2, 0) is 11.3 Å². The molecule has 1 aliphatic rings. The summed E-state index contributed by atoms with van der Waals surface area (Å²) in [5, 5.41) is 3.04. The highest BCUT2D eigenvalue weighted by Crippen LogP contribution is 2.34. The van der Waals surface area contributed by atoms with Crippen LogP contribution in [0, 0.1) is 6.92 Å². The van der Waals surface area contributed by atoms with Gasteiger partial charge in [0, 0.05) is 19.8 Å². The van der Waals surface area contributed by atoms with E-state index in [0.717, 1.165) is 41.9 Å². The maximum atomic E-state index is 12.5. The van der Waals surface area contributed by atoms with Crippen molar-refractivity contribution in [2.75, 3.05) is 18.9 Å². The second-order valence-corrected chi connectivity index (χ2v) is 6.07. The molecule has 1 aromatic carbocycles. The summed E-state index contributed by atoms with van der Waals surface area (Å²) in [5.74, 6) is 0.840. The van der Waals surface area contributed by atoms with Gasteiger partial charge in [-0.3, -0.25) is 0 Å². The number of aromatic nitrogens is 1. The Hall–Kier alpha value is -2.56. The van der Waals surface area contributed by atoms with Gasteiger partial charge in [-0.1, -0.05) is 30.3 Å². The quantitative estimate of drug-likeness (QED) is 0.926. The van der Waals surface area contributed by atoms with E-state index in [0.29, 0.717) is 6.61 Å². The maximum Gasteiger partial charge on any atom is 0.410 e. The van der Waals surface area contributed by atoms with E-state index in [-0.39, 0.29) is 12.1 Å². The molecule has 5 nitrogen and oxygen atoms in total. The number of rotatable bonds is 4. The number of benzene rings is 1. The molecular formula is C19H23N3O2. The van der Waals surface area contributed by atoms with E-state index in [2.05, 4.69) is 17.2 Å². The molecule has 0 bridgehead atoms. The zero-order valence-corrected chi connectivity index (χ0v) is 14.2. The van der Waals surface area contributed by atoms with Gasteiger partial charge < -0.3 is 15.0 Å². The minimum absolute atomic E-state index is 0.0479. The lowest BCUT2D eigenvalue weighted by Gasteiger charge is -2.25. The number of carbonyl (C=O) groups excluding carboxylic acids is 1. The molecule has 0 saturated carbocycles. The number of ether oxygens (including phenoxy) is 1. The van der Waals surface area contributed by atoms with Crippen LogP contribution in [0.5, 0.6) is 0 Å². The van der Waals surface area contributed by atoms with Crippen LogP contribution in [0.15, 0.2) is 42.6 Å². The predicted molar refractivity (Wildman–Crippen MR) is 93.8 cm³/mol. The largest absolute Gasteiger partial charge is 0.445 e. The molecule has 1 aromatic heterocycles. The monoisotopic (exact) mass is 325 g/mol. The van der Waals surface area contributed by atoms with E-state index in [1.807, 2.05) is 54.5 Å². The number of pyridine rings is 1. The van der Waals surface area contributed by atoms with Crippen molar-refractivity contribution in [3.63, 3.8) is 0 Å². The molecule has 0 unspecified atom stereocenters. The molecule has 2 aromatic rings. The highest BCUT2D eigenvalue weighted by Gasteiger charge is 2.32. The summed E-state index contributed by atoms with van der Waals surface area (Å²) in [6, 6.07) is 11.8. The Bertz CT molecular complexity index is 703. The molecule has 3 rings (SSSR count). The molecule has 1 aliphatic heterocycles. The second-order valence-electron chi connectivity index (χ2n) is 6.07. The highest BCUT2D eigenvalue weighted by molar-refractivity contribution is 5.69.